The summed E-state index contributed by atoms with van der Waals surface area (Å²) in [5.41, 5.74) is 0.653. The van der Waals surface area contributed by atoms with Gasteiger partial charge in [0.25, 0.3) is 0 Å². The summed E-state index contributed by atoms with van der Waals surface area (Å²) in [5, 5.41) is 3.19. The minimum Gasteiger partial charge on any atom is -0.337 e. The second-order valence-corrected chi connectivity index (χ2v) is 4.16. The molecule has 5 heteroatoms. The van der Waals surface area contributed by atoms with E-state index in [0.29, 0.717) is 25.1 Å². The fourth-order valence-corrected chi connectivity index (χ4v) is 1.76. The van der Waals surface area contributed by atoms with E-state index in [4.69, 9.17) is 0 Å². The van der Waals surface area contributed by atoms with Gasteiger partial charge < -0.3 is 9.88 Å². The van der Waals surface area contributed by atoms with E-state index in [1.807, 2.05) is 17.8 Å². The molecule has 0 amide bonds. The van der Waals surface area contributed by atoms with Crippen LogP contribution in [0.3, 0.4) is 0 Å². The number of aryl methyl sites for hydroxylation is 1. The third-order valence-corrected chi connectivity index (χ3v) is 2.72. The lowest BCUT2D eigenvalue weighted by Crippen LogP contribution is -2.19. The van der Waals surface area contributed by atoms with E-state index in [1.165, 1.54) is 12.1 Å². The zero-order valence-electron chi connectivity index (χ0n) is 10.2. The van der Waals surface area contributed by atoms with Crippen LogP contribution in [-0.2, 0) is 20.0 Å². The van der Waals surface area contributed by atoms with Crippen molar-refractivity contribution in [3.63, 3.8) is 0 Å². The van der Waals surface area contributed by atoms with Crippen LogP contribution < -0.4 is 5.32 Å². The average Bonchev–Trinajstić information content (AvgIpc) is 2.69. The van der Waals surface area contributed by atoms with Crippen LogP contribution in [0.15, 0.2) is 30.6 Å². The Balaban J connectivity index is 1.80. The molecule has 0 saturated heterocycles. The van der Waals surface area contributed by atoms with Gasteiger partial charge in [0.2, 0.25) is 0 Å². The molecule has 1 N–H and O–H groups in total. The normalized spacial score (nSPS) is 10.8. The van der Waals surface area contributed by atoms with Gasteiger partial charge in [-0.1, -0.05) is 0 Å². The Morgan fingerprint density at radius 3 is 2.56 bits per heavy atom. The van der Waals surface area contributed by atoms with E-state index < -0.39 is 11.6 Å². The summed E-state index contributed by atoms with van der Waals surface area (Å²) in [6, 6.07) is 3.59. The Kier molecular flexibility index (Phi) is 4.04. The second kappa shape index (κ2) is 5.73. The molecular weight excluding hydrogens is 236 g/mol. The van der Waals surface area contributed by atoms with Crippen LogP contribution in [0.25, 0.3) is 0 Å². The summed E-state index contributed by atoms with van der Waals surface area (Å²) in [6.45, 7) is 1.29. The molecule has 0 aliphatic heterocycles. The van der Waals surface area contributed by atoms with E-state index in [0.717, 1.165) is 11.9 Å². The maximum Gasteiger partial charge on any atom is 0.126 e. The fraction of sp³-hybridized carbons (Fsp3) is 0.308. The van der Waals surface area contributed by atoms with Crippen molar-refractivity contribution in [1.82, 2.24) is 14.9 Å². The van der Waals surface area contributed by atoms with Crippen LogP contribution in [0, 0.1) is 11.6 Å². The predicted octanol–water partition coefficient (Wildman–Crippen LogP) is 2.03. The fourth-order valence-electron chi connectivity index (χ4n) is 1.76. The van der Waals surface area contributed by atoms with Crippen LogP contribution in [0.5, 0.6) is 0 Å². The smallest absolute Gasteiger partial charge is 0.126 e. The summed E-state index contributed by atoms with van der Waals surface area (Å²) < 4.78 is 27.8. The van der Waals surface area contributed by atoms with E-state index >= 15 is 0 Å². The molecule has 1 aromatic carbocycles. The van der Waals surface area contributed by atoms with E-state index in [9.17, 15) is 8.78 Å². The molecule has 0 unspecified atom stereocenters. The van der Waals surface area contributed by atoms with Gasteiger partial charge in [-0.15, -0.1) is 0 Å². The Morgan fingerprint density at radius 1 is 1.22 bits per heavy atom. The number of hydrogen-bond acceptors (Lipinski definition) is 2. The van der Waals surface area contributed by atoms with Gasteiger partial charge >= 0.3 is 0 Å². The van der Waals surface area contributed by atoms with Gasteiger partial charge in [-0.25, -0.2) is 13.8 Å². The monoisotopic (exact) mass is 251 g/mol. The highest BCUT2D eigenvalue weighted by Gasteiger charge is 2.01. The summed E-state index contributed by atoms with van der Waals surface area (Å²) in [6.07, 6.45) is 4.19. The van der Waals surface area contributed by atoms with Gasteiger partial charge in [-0.2, -0.15) is 0 Å². The van der Waals surface area contributed by atoms with Crippen molar-refractivity contribution in [3.05, 3.63) is 53.6 Å². The maximum absolute atomic E-state index is 12.9. The number of nitrogens with zero attached hydrogens (tertiary/aromatic N) is 2. The standard InChI is InChI=1S/C13H15F2N3/c1-18-5-4-17-13(18)9-16-3-2-10-6-11(14)8-12(15)7-10/h4-8,16H,2-3,9H2,1H3. The van der Waals surface area contributed by atoms with Crippen molar-refractivity contribution in [2.45, 2.75) is 13.0 Å². The van der Waals surface area contributed by atoms with Gasteiger partial charge in [0.15, 0.2) is 0 Å². The lowest BCUT2D eigenvalue weighted by atomic mass is 10.1. The molecule has 2 rings (SSSR count). The molecule has 0 bridgehead atoms. The Labute approximate surface area is 104 Å². The van der Waals surface area contributed by atoms with E-state index in [2.05, 4.69) is 10.3 Å². The third-order valence-electron chi connectivity index (χ3n) is 2.72. The largest absolute Gasteiger partial charge is 0.337 e. The van der Waals surface area contributed by atoms with E-state index in [1.54, 1.807) is 6.20 Å². The third kappa shape index (κ3) is 3.37. The number of hydrogen-bond donors (Lipinski definition) is 1. The summed E-state index contributed by atoms with van der Waals surface area (Å²) in [4.78, 5) is 4.17. The minimum absolute atomic E-state index is 0.533. The molecule has 1 aromatic heterocycles. The van der Waals surface area contributed by atoms with Crippen molar-refractivity contribution < 1.29 is 8.78 Å². The number of nitrogens with one attached hydrogen (secondary N) is 1. The number of benzene rings is 1. The van der Waals surface area contributed by atoms with Crippen LogP contribution in [0.2, 0.25) is 0 Å². The lowest BCUT2D eigenvalue weighted by Gasteiger charge is -2.05. The lowest BCUT2D eigenvalue weighted by molar-refractivity contribution is 0.576. The molecule has 18 heavy (non-hydrogen) atoms. The Bertz CT molecular complexity index is 502. The molecule has 1 heterocycles. The molecule has 96 valence electrons. The topological polar surface area (TPSA) is 29.9 Å². The molecule has 0 aliphatic carbocycles. The minimum atomic E-state index is -0.533. The first kappa shape index (κ1) is 12.7. The van der Waals surface area contributed by atoms with Crippen LogP contribution in [0.4, 0.5) is 8.78 Å². The molecule has 0 atom stereocenters. The maximum atomic E-state index is 12.9. The predicted molar refractivity (Wildman–Crippen MR) is 65.0 cm³/mol. The summed E-state index contributed by atoms with van der Waals surface area (Å²) in [5.74, 6) is -0.136. The highest BCUT2D eigenvalue weighted by Crippen LogP contribution is 2.08. The van der Waals surface area contributed by atoms with Gasteiger partial charge in [0.05, 0.1) is 6.54 Å². The SMILES string of the molecule is Cn1ccnc1CNCCc1cc(F)cc(F)c1. The highest BCUT2D eigenvalue weighted by atomic mass is 19.1. The summed E-state index contributed by atoms with van der Waals surface area (Å²) >= 11 is 0. The van der Waals surface area contributed by atoms with Crippen molar-refractivity contribution in [1.29, 1.82) is 0 Å². The number of aromatic nitrogens is 2. The average molecular weight is 251 g/mol. The highest BCUT2D eigenvalue weighted by molar-refractivity contribution is 5.18. The number of rotatable bonds is 5. The van der Waals surface area contributed by atoms with Gasteiger partial charge in [0, 0.05) is 25.5 Å². The molecule has 3 nitrogen and oxygen atoms in total. The van der Waals surface area contributed by atoms with Crippen LogP contribution in [-0.4, -0.2) is 16.1 Å². The van der Waals surface area contributed by atoms with Crippen LogP contribution in [0.1, 0.15) is 11.4 Å². The molecule has 0 spiro atoms. The van der Waals surface area contributed by atoms with E-state index in [-0.39, 0.29) is 0 Å². The second-order valence-electron chi connectivity index (χ2n) is 4.16. The summed E-state index contributed by atoms with van der Waals surface area (Å²) in [7, 11) is 1.92. The zero-order valence-corrected chi connectivity index (χ0v) is 10.2. The molecule has 0 radical (unpaired) electrons. The Hall–Kier alpha value is -1.75. The number of halogens is 2. The molecule has 0 saturated carbocycles. The van der Waals surface area contributed by atoms with Crippen molar-refractivity contribution in [2.24, 2.45) is 7.05 Å². The van der Waals surface area contributed by atoms with Gasteiger partial charge in [-0.05, 0) is 30.7 Å². The van der Waals surface area contributed by atoms with Crippen molar-refractivity contribution >= 4 is 0 Å². The van der Waals surface area contributed by atoms with Gasteiger partial charge in [0.1, 0.15) is 17.5 Å². The molecule has 0 aliphatic rings. The first-order chi connectivity index (χ1) is 8.65. The van der Waals surface area contributed by atoms with Crippen molar-refractivity contribution in [2.75, 3.05) is 6.54 Å². The zero-order chi connectivity index (χ0) is 13.0. The van der Waals surface area contributed by atoms with Gasteiger partial charge in [-0.3, -0.25) is 0 Å². The first-order valence-corrected chi connectivity index (χ1v) is 5.77. The molecule has 0 fully saturated rings. The van der Waals surface area contributed by atoms with Crippen LogP contribution >= 0.6 is 0 Å². The van der Waals surface area contributed by atoms with Crippen molar-refractivity contribution in [3.8, 4) is 0 Å². The molecular formula is C13H15F2N3. The quantitative estimate of drug-likeness (QED) is 0.824. The molecule has 2 aromatic rings. The Morgan fingerprint density at radius 2 is 1.94 bits per heavy atom. The number of imidazole rings is 1. The first-order valence-electron chi connectivity index (χ1n) is 5.77.